The quantitative estimate of drug-likeness (QED) is 0.584. The number of amides is 2. The summed E-state index contributed by atoms with van der Waals surface area (Å²) < 4.78 is 1.89. The Bertz CT molecular complexity index is 984. The van der Waals surface area contributed by atoms with E-state index in [1.54, 1.807) is 0 Å². The van der Waals surface area contributed by atoms with Crippen LogP contribution >= 0.6 is 0 Å². The van der Waals surface area contributed by atoms with Crippen molar-refractivity contribution in [3.05, 3.63) is 89.7 Å². The summed E-state index contributed by atoms with van der Waals surface area (Å²) in [6.07, 6.45) is 4.04. The smallest absolute Gasteiger partial charge is 0.247 e. The molecule has 1 aliphatic rings. The SMILES string of the molecule is CN(Cc1cnn(Cc2ccccc2)c1)C1CC(=O)N(Cc2ccccc2)C1=O. The lowest BCUT2D eigenvalue weighted by atomic mass is 10.2. The fraction of sp³-hybridized carbons (Fsp3) is 0.261. The van der Waals surface area contributed by atoms with Crippen LogP contribution in [0.5, 0.6) is 0 Å². The second kappa shape index (κ2) is 8.41. The molecule has 0 aliphatic carbocycles. The van der Waals surface area contributed by atoms with Crippen LogP contribution in [0, 0.1) is 0 Å². The van der Waals surface area contributed by atoms with Crippen molar-refractivity contribution in [2.45, 2.75) is 32.1 Å². The number of hydrogen-bond donors (Lipinski definition) is 0. The molecule has 1 atom stereocenters. The second-order valence-electron chi connectivity index (χ2n) is 7.47. The van der Waals surface area contributed by atoms with E-state index in [2.05, 4.69) is 17.2 Å². The third-order valence-electron chi connectivity index (χ3n) is 5.24. The normalized spacial score (nSPS) is 16.8. The summed E-state index contributed by atoms with van der Waals surface area (Å²) in [5, 5.41) is 4.42. The van der Waals surface area contributed by atoms with Gasteiger partial charge in [0.1, 0.15) is 0 Å². The zero-order valence-electron chi connectivity index (χ0n) is 16.4. The van der Waals surface area contributed by atoms with Gasteiger partial charge in [0.2, 0.25) is 11.8 Å². The molecule has 1 aliphatic heterocycles. The van der Waals surface area contributed by atoms with Crippen LogP contribution in [0.2, 0.25) is 0 Å². The van der Waals surface area contributed by atoms with Crippen molar-refractivity contribution in [3.63, 3.8) is 0 Å². The van der Waals surface area contributed by atoms with Gasteiger partial charge in [-0.25, -0.2) is 0 Å². The van der Waals surface area contributed by atoms with Crippen LogP contribution in [0.15, 0.2) is 73.1 Å². The predicted octanol–water partition coefficient (Wildman–Crippen LogP) is 2.69. The van der Waals surface area contributed by atoms with Gasteiger partial charge in [-0.15, -0.1) is 0 Å². The standard InChI is InChI=1S/C23H24N4O2/c1-25(14-20-13-24-26(16-20)15-18-8-4-2-5-9-18)21-12-22(28)27(23(21)29)17-19-10-6-3-7-11-19/h2-11,13,16,21H,12,14-15,17H2,1H3. The highest BCUT2D eigenvalue weighted by atomic mass is 16.2. The molecule has 2 aromatic carbocycles. The van der Waals surface area contributed by atoms with Gasteiger partial charge >= 0.3 is 0 Å². The van der Waals surface area contributed by atoms with Crippen molar-refractivity contribution >= 4 is 11.8 Å². The first-order valence-corrected chi connectivity index (χ1v) is 9.74. The van der Waals surface area contributed by atoms with E-state index in [0.29, 0.717) is 19.6 Å². The topological polar surface area (TPSA) is 58.4 Å². The zero-order valence-corrected chi connectivity index (χ0v) is 16.4. The van der Waals surface area contributed by atoms with E-state index in [9.17, 15) is 9.59 Å². The van der Waals surface area contributed by atoms with E-state index >= 15 is 0 Å². The summed E-state index contributed by atoms with van der Waals surface area (Å²) in [7, 11) is 1.89. The maximum Gasteiger partial charge on any atom is 0.247 e. The van der Waals surface area contributed by atoms with Crippen LogP contribution in [0.25, 0.3) is 0 Å². The lowest BCUT2D eigenvalue weighted by Gasteiger charge is -2.22. The Morgan fingerprint density at radius 2 is 1.55 bits per heavy atom. The molecule has 6 heteroatoms. The highest BCUT2D eigenvalue weighted by molar-refractivity contribution is 6.05. The first-order chi connectivity index (χ1) is 14.1. The van der Waals surface area contributed by atoms with Gasteiger partial charge in [0.25, 0.3) is 0 Å². The summed E-state index contributed by atoms with van der Waals surface area (Å²) in [6, 6.07) is 19.3. The number of benzene rings is 2. The second-order valence-corrected chi connectivity index (χ2v) is 7.47. The van der Waals surface area contributed by atoms with Crippen LogP contribution in [0.1, 0.15) is 23.1 Å². The number of hydrogen-bond acceptors (Lipinski definition) is 4. The number of likely N-dealkylation sites (tertiary alicyclic amines) is 1. The van der Waals surface area contributed by atoms with Crippen molar-refractivity contribution in [1.29, 1.82) is 0 Å². The number of imide groups is 1. The summed E-state index contributed by atoms with van der Waals surface area (Å²) in [6.45, 7) is 1.60. The van der Waals surface area contributed by atoms with Crippen LogP contribution < -0.4 is 0 Å². The number of nitrogens with zero attached hydrogens (tertiary/aromatic N) is 4. The summed E-state index contributed by atoms with van der Waals surface area (Å²) in [5.41, 5.74) is 3.16. The Morgan fingerprint density at radius 3 is 2.21 bits per heavy atom. The van der Waals surface area contributed by atoms with Crippen molar-refractivity contribution < 1.29 is 9.59 Å². The third-order valence-corrected chi connectivity index (χ3v) is 5.24. The molecule has 148 valence electrons. The van der Waals surface area contributed by atoms with Gasteiger partial charge in [0, 0.05) is 18.3 Å². The van der Waals surface area contributed by atoms with E-state index in [-0.39, 0.29) is 18.2 Å². The minimum Gasteiger partial charge on any atom is -0.290 e. The molecule has 1 fully saturated rings. The van der Waals surface area contributed by atoms with Crippen LogP contribution in [-0.4, -0.2) is 44.5 Å². The molecule has 0 radical (unpaired) electrons. The average molecular weight is 388 g/mol. The molecule has 2 amide bonds. The third kappa shape index (κ3) is 4.43. The number of carbonyl (C=O) groups is 2. The van der Waals surface area contributed by atoms with Gasteiger partial charge in [-0.05, 0) is 18.2 Å². The van der Waals surface area contributed by atoms with Gasteiger partial charge in [-0.1, -0.05) is 60.7 Å². The Morgan fingerprint density at radius 1 is 0.931 bits per heavy atom. The van der Waals surface area contributed by atoms with E-state index < -0.39 is 6.04 Å². The summed E-state index contributed by atoms with van der Waals surface area (Å²) >= 11 is 0. The molecular weight excluding hydrogens is 364 g/mol. The fourth-order valence-corrected chi connectivity index (χ4v) is 3.69. The van der Waals surface area contributed by atoms with Gasteiger partial charge in [0.05, 0.1) is 31.7 Å². The van der Waals surface area contributed by atoms with Gasteiger partial charge < -0.3 is 0 Å². The summed E-state index contributed by atoms with van der Waals surface area (Å²) in [4.78, 5) is 28.6. The molecule has 0 saturated carbocycles. The fourth-order valence-electron chi connectivity index (χ4n) is 3.69. The summed E-state index contributed by atoms with van der Waals surface area (Å²) in [5.74, 6) is -0.242. The zero-order chi connectivity index (χ0) is 20.2. The highest BCUT2D eigenvalue weighted by Crippen LogP contribution is 2.21. The molecule has 1 saturated heterocycles. The number of rotatable bonds is 7. The molecule has 3 aromatic rings. The van der Waals surface area contributed by atoms with Crippen LogP contribution in [0.4, 0.5) is 0 Å². The van der Waals surface area contributed by atoms with E-state index in [4.69, 9.17) is 0 Å². The minimum absolute atomic E-state index is 0.115. The van der Waals surface area contributed by atoms with Crippen molar-refractivity contribution in [1.82, 2.24) is 19.6 Å². The molecule has 2 heterocycles. The first-order valence-electron chi connectivity index (χ1n) is 9.74. The molecule has 4 rings (SSSR count). The number of aromatic nitrogens is 2. The Hall–Kier alpha value is -3.25. The molecule has 1 unspecified atom stereocenters. The maximum atomic E-state index is 12.8. The molecule has 0 spiro atoms. The molecular formula is C23H24N4O2. The molecule has 0 bridgehead atoms. The van der Waals surface area contributed by atoms with Crippen LogP contribution in [0.3, 0.4) is 0 Å². The minimum atomic E-state index is -0.427. The highest BCUT2D eigenvalue weighted by Gasteiger charge is 2.40. The van der Waals surface area contributed by atoms with E-state index in [1.807, 2.05) is 77.6 Å². The lowest BCUT2D eigenvalue weighted by molar-refractivity contribution is -0.140. The van der Waals surface area contributed by atoms with E-state index in [1.165, 1.54) is 10.5 Å². The first kappa shape index (κ1) is 19.1. The monoisotopic (exact) mass is 388 g/mol. The Labute approximate surface area is 170 Å². The van der Waals surface area contributed by atoms with Gasteiger partial charge in [0.15, 0.2) is 0 Å². The molecule has 29 heavy (non-hydrogen) atoms. The predicted molar refractivity (Wildman–Crippen MR) is 110 cm³/mol. The van der Waals surface area contributed by atoms with Crippen molar-refractivity contribution in [3.8, 4) is 0 Å². The molecule has 1 aromatic heterocycles. The maximum absolute atomic E-state index is 12.8. The van der Waals surface area contributed by atoms with Crippen molar-refractivity contribution in [2.24, 2.45) is 0 Å². The Kier molecular flexibility index (Phi) is 5.53. The number of likely N-dealkylation sites (N-methyl/N-ethyl adjacent to an activating group) is 1. The largest absolute Gasteiger partial charge is 0.290 e. The van der Waals surface area contributed by atoms with Crippen molar-refractivity contribution in [2.75, 3.05) is 7.05 Å². The van der Waals surface area contributed by atoms with E-state index in [0.717, 1.165) is 11.1 Å². The molecule has 0 N–H and O–H groups in total. The van der Waals surface area contributed by atoms with Gasteiger partial charge in [-0.2, -0.15) is 5.10 Å². The molecule has 6 nitrogen and oxygen atoms in total. The lowest BCUT2D eigenvalue weighted by Crippen LogP contribution is -2.39. The van der Waals surface area contributed by atoms with Crippen LogP contribution in [-0.2, 0) is 29.2 Å². The number of carbonyl (C=O) groups excluding carboxylic acids is 2. The van der Waals surface area contributed by atoms with Gasteiger partial charge in [-0.3, -0.25) is 24.1 Å². The Balaban J connectivity index is 1.38. The average Bonchev–Trinajstić information content (AvgIpc) is 3.28.